The lowest BCUT2D eigenvalue weighted by Crippen LogP contribution is -2.38. The molecule has 2 heteroatoms. The van der Waals surface area contributed by atoms with Crippen LogP contribution in [0.2, 0.25) is 0 Å². The summed E-state index contributed by atoms with van der Waals surface area (Å²) >= 11 is 0. The average molecular weight is 155 g/mol. The van der Waals surface area contributed by atoms with Gasteiger partial charge in [-0.2, -0.15) is 0 Å². The molecule has 2 bridgehead atoms. The van der Waals surface area contributed by atoms with Gasteiger partial charge in [-0.3, -0.25) is 0 Å². The smallest absolute Gasteiger partial charge is 0.0558 e. The zero-order valence-electron chi connectivity index (χ0n) is 7.00. The van der Waals surface area contributed by atoms with Gasteiger partial charge in [0.15, 0.2) is 0 Å². The number of aliphatic hydroxyl groups is 1. The van der Waals surface area contributed by atoms with Gasteiger partial charge in [0.1, 0.15) is 0 Å². The Morgan fingerprint density at radius 1 is 1.18 bits per heavy atom. The Bertz CT molecular complexity index is 126. The van der Waals surface area contributed by atoms with E-state index in [0.717, 1.165) is 18.4 Å². The molecule has 0 aromatic carbocycles. The van der Waals surface area contributed by atoms with Crippen molar-refractivity contribution in [3.8, 4) is 0 Å². The topological polar surface area (TPSA) is 23.5 Å². The fourth-order valence-corrected chi connectivity index (χ4v) is 2.64. The fourth-order valence-electron chi connectivity index (χ4n) is 2.64. The summed E-state index contributed by atoms with van der Waals surface area (Å²) in [6.45, 7) is 3.72. The van der Waals surface area contributed by atoms with Crippen LogP contribution in [0.4, 0.5) is 0 Å². The molecule has 1 aliphatic carbocycles. The van der Waals surface area contributed by atoms with Crippen LogP contribution in [-0.2, 0) is 0 Å². The fraction of sp³-hybridized carbons (Fsp3) is 1.00. The van der Waals surface area contributed by atoms with Crippen molar-refractivity contribution in [2.45, 2.75) is 19.3 Å². The summed E-state index contributed by atoms with van der Waals surface area (Å²) in [5.74, 6) is 1.92. The molecule has 2 unspecified atom stereocenters. The van der Waals surface area contributed by atoms with E-state index in [4.69, 9.17) is 5.11 Å². The minimum absolute atomic E-state index is 0.333. The van der Waals surface area contributed by atoms with Gasteiger partial charge in [0.25, 0.3) is 0 Å². The number of rotatable bonds is 2. The highest BCUT2D eigenvalue weighted by molar-refractivity contribution is 4.85. The van der Waals surface area contributed by atoms with E-state index in [-0.39, 0.29) is 0 Å². The van der Waals surface area contributed by atoms with E-state index in [1.807, 2.05) is 0 Å². The maximum atomic E-state index is 8.77. The number of likely N-dealkylation sites (tertiary alicyclic amines) is 1. The molecule has 1 saturated carbocycles. The van der Waals surface area contributed by atoms with E-state index in [9.17, 15) is 0 Å². The summed E-state index contributed by atoms with van der Waals surface area (Å²) in [5, 5.41) is 8.77. The predicted octanol–water partition coefficient (Wildman–Crippen LogP) is 0.711. The van der Waals surface area contributed by atoms with Crippen LogP contribution in [0.15, 0.2) is 0 Å². The van der Waals surface area contributed by atoms with Gasteiger partial charge < -0.3 is 10.0 Å². The first-order chi connectivity index (χ1) is 5.38. The van der Waals surface area contributed by atoms with Crippen LogP contribution in [0, 0.1) is 11.8 Å². The van der Waals surface area contributed by atoms with Gasteiger partial charge in [-0.05, 0) is 31.1 Å². The maximum Gasteiger partial charge on any atom is 0.0558 e. The van der Waals surface area contributed by atoms with Gasteiger partial charge in [0, 0.05) is 19.6 Å². The van der Waals surface area contributed by atoms with E-state index in [1.54, 1.807) is 0 Å². The minimum atomic E-state index is 0.333. The van der Waals surface area contributed by atoms with Gasteiger partial charge in [-0.25, -0.2) is 0 Å². The van der Waals surface area contributed by atoms with Crippen molar-refractivity contribution >= 4 is 0 Å². The van der Waals surface area contributed by atoms with Crippen molar-refractivity contribution in [3.63, 3.8) is 0 Å². The lowest BCUT2D eigenvalue weighted by molar-refractivity contribution is 0.135. The molecule has 0 aromatic rings. The molecule has 0 spiro atoms. The van der Waals surface area contributed by atoms with Crippen LogP contribution in [0.5, 0.6) is 0 Å². The second-order valence-electron chi connectivity index (χ2n) is 4.03. The first-order valence-electron chi connectivity index (χ1n) is 4.71. The number of hydrogen-bond donors (Lipinski definition) is 1. The van der Waals surface area contributed by atoms with Crippen molar-refractivity contribution in [1.29, 1.82) is 0 Å². The Labute approximate surface area is 68.2 Å². The lowest BCUT2D eigenvalue weighted by atomic mass is 9.99. The van der Waals surface area contributed by atoms with Crippen molar-refractivity contribution in [1.82, 2.24) is 4.90 Å². The first kappa shape index (κ1) is 7.56. The van der Waals surface area contributed by atoms with Crippen LogP contribution in [-0.4, -0.2) is 36.2 Å². The van der Waals surface area contributed by atoms with Crippen LogP contribution in [0.3, 0.4) is 0 Å². The van der Waals surface area contributed by atoms with Gasteiger partial charge in [0.05, 0.1) is 6.61 Å². The Kier molecular flexibility index (Phi) is 2.14. The molecule has 64 valence electrons. The lowest BCUT2D eigenvalue weighted by Gasteiger charge is -2.30. The van der Waals surface area contributed by atoms with Crippen molar-refractivity contribution < 1.29 is 5.11 Å². The highest BCUT2D eigenvalue weighted by atomic mass is 16.3. The Morgan fingerprint density at radius 3 is 2.36 bits per heavy atom. The summed E-state index contributed by atoms with van der Waals surface area (Å²) in [6, 6.07) is 0. The summed E-state index contributed by atoms with van der Waals surface area (Å²) in [7, 11) is 0. The first-order valence-corrected chi connectivity index (χ1v) is 4.71. The summed E-state index contributed by atoms with van der Waals surface area (Å²) in [6.07, 6.45) is 4.33. The molecule has 0 radical (unpaired) electrons. The number of fused-ring (bicyclic) bond motifs is 2. The zero-order valence-corrected chi connectivity index (χ0v) is 7.00. The Balaban J connectivity index is 1.87. The second kappa shape index (κ2) is 3.11. The molecular weight excluding hydrogens is 138 g/mol. The second-order valence-corrected chi connectivity index (χ2v) is 4.03. The molecular formula is C9H17NO. The number of hydrogen-bond acceptors (Lipinski definition) is 2. The Hall–Kier alpha value is -0.0800. The van der Waals surface area contributed by atoms with Crippen LogP contribution < -0.4 is 0 Å². The van der Waals surface area contributed by atoms with E-state index in [1.165, 1.54) is 32.4 Å². The third-order valence-corrected chi connectivity index (χ3v) is 3.10. The third kappa shape index (κ3) is 1.57. The van der Waals surface area contributed by atoms with Crippen molar-refractivity contribution in [2.75, 3.05) is 26.2 Å². The Morgan fingerprint density at radius 2 is 1.82 bits per heavy atom. The zero-order chi connectivity index (χ0) is 7.68. The van der Waals surface area contributed by atoms with Crippen molar-refractivity contribution in [3.05, 3.63) is 0 Å². The normalized spacial score (nSPS) is 37.9. The van der Waals surface area contributed by atoms with E-state index in [0.29, 0.717) is 6.61 Å². The van der Waals surface area contributed by atoms with Gasteiger partial charge in [-0.1, -0.05) is 0 Å². The molecule has 2 rings (SSSR count). The molecule has 2 atom stereocenters. The molecule has 2 nitrogen and oxygen atoms in total. The summed E-state index contributed by atoms with van der Waals surface area (Å²) in [5.41, 5.74) is 0. The van der Waals surface area contributed by atoms with Gasteiger partial charge >= 0.3 is 0 Å². The van der Waals surface area contributed by atoms with Gasteiger partial charge in [0.2, 0.25) is 0 Å². The molecule has 0 aromatic heterocycles. The van der Waals surface area contributed by atoms with E-state index >= 15 is 0 Å². The number of piperidine rings is 1. The molecule has 1 aliphatic heterocycles. The van der Waals surface area contributed by atoms with Crippen LogP contribution in [0.25, 0.3) is 0 Å². The van der Waals surface area contributed by atoms with Crippen LogP contribution >= 0.6 is 0 Å². The van der Waals surface area contributed by atoms with Gasteiger partial charge in [-0.15, -0.1) is 0 Å². The number of aliphatic hydroxyl groups excluding tert-OH is 1. The molecule has 11 heavy (non-hydrogen) atoms. The molecule has 1 heterocycles. The maximum absolute atomic E-state index is 8.77. The molecule has 2 aliphatic rings. The summed E-state index contributed by atoms with van der Waals surface area (Å²) < 4.78 is 0. The minimum Gasteiger partial charge on any atom is -0.395 e. The molecule has 1 saturated heterocycles. The highest BCUT2D eigenvalue weighted by Gasteiger charge is 2.32. The van der Waals surface area contributed by atoms with Crippen molar-refractivity contribution in [2.24, 2.45) is 11.8 Å². The molecule has 2 fully saturated rings. The van der Waals surface area contributed by atoms with Crippen LogP contribution in [0.1, 0.15) is 19.3 Å². The number of β-amino-alcohol motifs (C(OH)–C–C–N with tert-alkyl or cyclic N) is 1. The SMILES string of the molecule is OCCN1CC2CCC(C2)C1. The number of nitrogens with zero attached hydrogens (tertiary/aromatic N) is 1. The van der Waals surface area contributed by atoms with E-state index < -0.39 is 0 Å². The third-order valence-electron chi connectivity index (χ3n) is 3.10. The molecule has 0 amide bonds. The molecule has 1 N–H and O–H groups in total. The van der Waals surface area contributed by atoms with E-state index in [2.05, 4.69) is 4.90 Å². The standard InChI is InChI=1S/C9H17NO/c11-4-3-10-6-8-1-2-9(5-8)7-10/h8-9,11H,1-7H2. The largest absolute Gasteiger partial charge is 0.395 e. The predicted molar refractivity (Wildman–Crippen MR) is 44.4 cm³/mol. The highest BCUT2D eigenvalue weighted by Crippen LogP contribution is 2.35. The monoisotopic (exact) mass is 155 g/mol. The quantitative estimate of drug-likeness (QED) is 0.635. The average Bonchev–Trinajstić information content (AvgIpc) is 2.32. The summed E-state index contributed by atoms with van der Waals surface area (Å²) in [4.78, 5) is 2.42.